The van der Waals surface area contributed by atoms with Crippen LogP contribution in [0.2, 0.25) is 0 Å². The van der Waals surface area contributed by atoms with Crippen molar-refractivity contribution in [2.75, 3.05) is 6.61 Å². The number of rotatable bonds is 4. The third kappa shape index (κ3) is 3.48. The number of hydrogen-bond acceptors (Lipinski definition) is 5. The number of carbonyl (C=O) groups is 1. The van der Waals surface area contributed by atoms with Crippen LogP contribution in [0.1, 0.15) is 18.1 Å². The fourth-order valence-electron chi connectivity index (χ4n) is 2.10. The van der Waals surface area contributed by atoms with Crippen molar-refractivity contribution in [2.24, 2.45) is 4.99 Å². The lowest BCUT2D eigenvalue weighted by atomic mass is 10.1. The molecule has 0 saturated heterocycles. The largest absolute Gasteiger partial charge is 0.493 e. The molecule has 0 amide bonds. The van der Waals surface area contributed by atoms with Gasteiger partial charge in [0.05, 0.1) is 12.2 Å². The molecule has 1 aliphatic heterocycles. The molecular formula is C17H13BrN2O3. The van der Waals surface area contributed by atoms with Gasteiger partial charge in [-0.15, -0.1) is 0 Å². The van der Waals surface area contributed by atoms with Gasteiger partial charge in [0.15, 0.2) is 5.70 Å². The lowest BCUT2D eigenvalue weighted by molar-refractivity contribution is -0.129. The molecule has 0 spiro atoms. The predicted octanol–water partition coefficient (Wildman–Crippen LogP) is 3.59. The van der Waals surface area contributed by atoms with Crippen LogP contribution >= 0.6 is 15.9 Å². The number of ether oxygens (including phenoxy) is 2. The zero-order valence-electron chi connectivity index (χ0n) is 12.3. The number of pyridine rings is 1. The molecule has 0 unspecified atom stereocenters. The summed E-state index contributed by atoms with van der Waals surface area (Å²) in [5.74, 6) is 0.443. The SMILES string of the molecule is CCOc1ccccc1C=C1N=C(c2cncc(Br)c2)OC1=O. The number of aliphatic imine (C=N–C) groups is 1. The summed E-state index contributed by atoms with van der Waals surface area (Å²) in [5, 5.41) is 0. The van der Waals surface area contributed by atoms with Crippen LogP contribution in [0, 0.1) is 0 Å². The Bertz CT molecular complexity index is 815. The normalized spacial score (nSPS) is 15.5. The van der Waals surface area contributed by atoms with Crippen molar-refractivity contribution < 1.29 is 14.3 Å². The van der Waals surface area contributed by atoms with Gasteiger partial charge in [0.2, 0.25) is 5.90 Å². The van der Waals surface area contributed by atoms with Crippen molar-refractivity contribution in [3.8, 4) is 5.75 Å². The van der Waals surface area contributed by atoms with Crippen LogP contribution in [-0.4, -0.2) is 23.5 Å². The fraction of sp³-hybridized carbons (Fsp3) is 0.118. The first-order valence-electron chi connectivity index (χ1n) is 7.02. The van der Waals surface area contributed by atoms with Crippen LogP contribution in [0.4, 0.5) is 0 Å². The maximum Gasteiger partial charge on any atom is 0.363 e. The van der Waals surface area contributed by atoms with Crippen LogP contribution in [0.3, 0.4) is 0 Å². The monoisotopic (exact) mass is 372 g/mol. The highest BCUT2D eigenvalue weighted by atomic mass is 79.9. The fourth-order valence-corrected chi connectivity index (χ4v) is 2.46. The van der Waals surface area contributed by atoms with E-state index in [1.54, 1.807) is 24.5 Å². The average molecular weight is 373 g/mol. The summed E-state index contributed by atoms with van der Waals surface area (Å²) in [6, 6.07) is 9.24. The summed E-state index contributed by atoms with van der Waals surface area (Å²) < 4.78 is 11.6. The topological polar surface area (TPSA) is 60.8 Å². The molecule has 0 aliphatic carbocycles. The molecule has 1 aromatic carbocycles. The first-order chi connectivity index (χ1) is 11.2. The Morgan fingerprint density at radius 2 is 2.13 bits per heavy atom. The number of halogens is 1. The lowest BCUT2D eigenvalue weighted by Gasteiger charge is -2.06. The van der Waals surface area contributed by atoms with E-state index in [-0.39, 0.29) is 11.6 Å². The molecule has 2 aromatic rings. The van der Waals surface area contributed by atoms with E-state index in [1.807, 2.05) is 31.2 Å². The van der Waals surface area contributed by atoms with E-state index in [4.69, 9.17) is 9.47 Å². The first kappa shape index (κ1) is 15.4. The van der Waals surface area contributed by atoms with Crippen LogP contribution in [-0.2, 0) is 9.53 Å². The highest BCUT2D eigenvalue weighted by Crippen LogP contribution is 2.25. The molecule has 1 aliphatic rings. The average Bonchev–Trinajstić information content (AvgIpc) is 2.91. The third-order valence-electron chi connectivity index (χ3n) is 3.08. The van der Waals surface area contributed by atoms with Gasteiger partial charge in [0.1, 0.15) is 5.75 Å². The predicted molar refractivity (Wildman–Crippen MR) is 90.2 cm³/mol. The van der Waals surface area contributed by atoms with Gasteiger partial charge < -0.3 is 9.47 Å². The van der Waals surface area contributed by atoms with Gasteiger partial charge in [-0.2, -0.15) is 0 Å². The Labute approximate surface area is 141 Å². The molecule has 5 nitrogen and oxygen atoms in total. The van der Waals surface area contributed by atoms with Crippen molar-refractivity contribution in [3.63, 3.8) is 0 Å². The second-order valence-electron chi connectivity index (χ2n) is 4.70. The van der Waals surface area contributed by atoms with Crippen molar-refractivity contribution in [1.82, 2.24) is 4.98 Å². The van der Waals surface area contributed by atoms with Gasteiger partial charge in [-0.05, 0) is 41.1 Å². The van der Waals surface area contributed by atoms with Crippen LogP contribution in [0.5, 0.6) is 5.75 Å². The van der Waals surface area contributed by atoms with Gasteiger partial charge in [-0.1, -0.05) is 18.2 Å². The van der Waals surface area contributed by atoms with E-state index >= 15 is 0 Å². The second kappa shape index (κ2) is 6.75. The van der Waals surface area contributed by atoms with Gasteiger partial charge in [-0.3, -0.25) is 4.98 Å². The second-order valence-corrected chi connectivity index (χ2v) is 5.61. The highest BCUT2D eigenvalue weighted by molar-refractivity contribution is 9.10. The summed E-state index contributed by atoms with van der Waals surface area (Å²) in [6.07, 6.45) is 4.90. The van der Waals surface area contributed by atoms with E-state index in [0.29, 0.717) is 17.9 Å². The van der Waals surface area contributed by atoms with Crippen molar-refractivity contribution in [3.05, 3.63) is 64.0 Å². The minimum absolute atomic E-state index is 0.229. The number of carbonyl (C=O) groups excluding carboxylic acids is 1. The Balaban J connectivity index is 1.95. The number of benzene rings is 1. The molecule has 0 N–H and O–H groups in total. The van der Waals surface area contributed by atoms with E-state index in [9.17, 15) is 4.79 Å². The zero-order chi connectivity index (χ0) is 16.2. The number of aromatic nitrogens is 1. The maximum atomic E-state index is 12.0. The van der Waals surface area contributed by atoms with Crippen LogP contribution < -0.4 is 4.74 Å². The van der Waals surface area contributed by atoms with Gasteiger partial charge in [0, 0.05) is 22.4 Å². The highest BCUT2D eigenvalue weighted by Gasteiger charge is 2.24. The Morgan fingerprint density at radius 3 is 2.91 bits per heavy atom. The Hall–Kier alpha value is -2.47. The van der Waals surface area contributed by atoms with E-state index in [1.165, 1.54) is 0 Å². The van der Waals surface area contributed by atoms with E-state index < -0.39 is 5.97 Å². The number of para-hydroxylation sites is 1. The molecule has 1 aromatic heterocycles. The standard InChI is InChI=1S/C17H13BrN2O3/c1-2-22-15-6-4-3-5-11(15)8-14-17(21)23-16(20-14)12-7-13(18)10-19-9-12/h3-10H,2H2,1H3. The van der Waals surface area contributed by atoms with Crippen molar-refractivity contribution in [1.29, 1.82) is 0 Å². The molecule has 6 heteroatoms. The molecular weight excluding hydrogens is 360 g/mol. The molecule has 0 fully saturated rings. The van der Waals surface area contributed by atoms with Crippen LogP contribution in [0.15, 0.2) is 57.9 Å². The summed E-state index contributed by atoms with van der Waals surface area (Å²) >= 11 is 3.33. The molecule has 0 radical (unpaired) electrons. The summed E-state index contributed by atoms with van der Waals surface area (Å²) in [7, 11) is 0. The number of nitrogens with zero attached hydrogens (tertiary/aromatic N) is 2. The van der Waals surface area contributed by atoms with Crippen molar-refractivity contribution in [2.45, 2.75) is 6.92 Å². The minimum atomic E-state index is -0.494. The smallest absolute Gasteiger partial charge is 0.363 e. The number of esters is 1. The molecule has 23 heavy (non-hydrogen) atoms. The minimum Gasteiger partial charge on any atom is -0.493 e. The molecule has 0 saturated carbocycles. The Kier molecular flexibility index (Phi) is 4.52. The summed E-state index contributed by atoms with van der Waals surface area (Å²) in [4.78, 5) is 20.3. The molecule has 3 rings (SSSR count). The lowest BCUT2D eigenvalue weighted by Crippen LogP contribution is -2.05. The summed E-state index contributed by atoms with van der Waals surface area (Å²) in [6.45, 7) is 2.45. The van der Waals surface area contributed by atoms with Gasteiger partial charge >= 0.3 is 5.97 Å². The Morgan fingerprint density at radius 1 is 1.30 bits per heavy atom. The number of hydrogen-bond donors (Lipinski definition) is 0. The molecule has 0 bridgehead atoms. The van der Waals surface area contributed by atoms with Crippen molar-refractivity contribution >= 4 is 33.9 Å². The number of cyclic esters (lactones) is 1. The zero-order valence-corrected chi connectivity index (χ0v) is 13.9. The molecule has 0 atom stereocenters. The van der Waals surface area contributed by atoms with Gasteiger partial charge in [-0.25, -0.2) is 9.79 Å². The summed E-state index contributed by atoms with van der Waals surface area (Å²) in [5.41, 5.74) is 1.64. The maximum absolute atomic E-state index is 12.0. The van der Waals surface area contributed by atoms with Gasteiger partial charge in [0.25, 0.3) is 0 Å². The van der Waals surface area contributed by atoms with Crippen LogP contribution in [0.25, 0.3) is 6.08 Å². The molecule has 116 valence electrons. The van der Waals surface area contributed by atoms with E-state index in [2.05, 4.69) is 25.9 Å². The third-order valence-corrected chi connectivity index (χ3v) is 3.52. The first-order valence-corrected chi connectivity index (χ1v) is 7.82. The van der Waals surface area contributed by atoms with E-state index in [0.717, 1.165) is 10.0 Å². The molecule has 2 heterocycles. The quantitative estimate of drug-likeness (QED) is 0.607.